The van der Waals surface area contributed by atoms with Gasteiger partial charge < -0.3 is 19.3 Å². The molecule has 2 aliphatic heterocycles. The lowest BCUT2D eigenvalue weighted by molar-refractivity contribution is -0.140. The molecule has 1 spiro atoms. The predicted octanol–water partition coefficient (Wildman–Crippen LogP) is 4.28. The predicted molar refractivity (Wildman–Crippen MR) is 128 cm³/mol. The van der Waals surface area contributed by atoms with Crippen LogP contribution in [0.5, 0.6) is 5.75 Å². The van der Waals surface area contributed by atoms with Crippen molar-refractivity contribution >= 4 is 28.3 Å². The first-order chi connectivity index (χ1) is 16.1. The number of benzene rings is 3. The van der Waals surface area contributed by atoms with Crippen molar-refractivity contribution in [2.45, 2.75) is 24.9 Å². The third-order valence-electron chi connectivity index (χ3n) is 6.84. The van der Waals surface area contributed by atoms with E-state index in [0.717, 1.165) is 35.1 Å². The summed E-state index contributed by atoms with van der Waals surface area (Å²) < 4.78 is 11.6. The maximum absolute atomic E-state index is 13.6. The zero-order chi connectivity index (χ0) is 22.8. The maximum Gasteiger partial charge on any atom is 0.254 e. The highest BCUT2D eigenvalue weighted by Crippen LogP contribution is 2.34. The van der Waals surface area contributed by atoms with E-state index in [0.29, 0.717) is 31.6 Å². The summed E-state index contributed by atoms with van der Waals surface area (Å²) in [4.78, 5) is 29.9. The fraction of sp³-hybridized carbons (Fsp3) is 0.333. The molecular weight excluding hydrogens is 416 g/mol. The fourth-order valence-electron chi connectivity index (χ4n) is 5.04. The van der Waals surface area contributed by atoms with Gasteiger partial charge in [0.15, 0.2) is 0 Å². The number of rotatable bonds is 3. The summed E-state index contributed by atoms with van der Waals surface area (Å²) in [5, 5.41) is 1.83. The van der Waals surface area contributed by atoms with E-state index < -0.39 is 5.60 Å². The number of carbonyl (C=O) groups is 2. The summed E-state index contributed by atoms with van der Waals surface area (Å²) in [6.45, 7) is 1.86. The minimum atomic E-state index is -0.430. The van der Waals surface area contributed by atoms with Crippen LogP contribution in [0.3, 0.4) is 0 Å². The quantitative estimate of drug-likeness (QED) is 0.605. The molecule has 2 fully saturated rings. The third-order valence-corrected chi connectivity index (χ3v) is 6.84. The standard InChI is InChI=1S/C27H28N2O4/c1-32-24-13-12-23(21-10-5-6-11-22(21)24)26(31)28-16-7-14-27(15-17-28)19-29(25(30)18-33-27)20-8-3-2-4-9-20/h2-6,8-13H,7,14-19H2,1H3/t27-/m0/s1. The summed E-state index contributed by atoms with van der Waals surface area (Å²) in [6, 6.07) is 21.3. The van der Waals surface area contributed by atoms with Crippen LogP contribution in [0.4, 0.5) is 5.69 Å². The molecule has 2 amide bonds. The highest BCUT2D eigenvalue weighted by Gasteiger charge is 2.42. The Hall–Kier alpha value is -3.38. The molecule has 1 atom stereocenters. The van der Waals surface area contributed by atoms with Gasteiger partial charge in [-0.3, -0.25) is 9.59 Å². The zero-order valence-electron chi connectivity index (χ0n) is 18.8. The number of amides is 2. The lowest BCUT2D eigenvalue weighted by Gasteiger charge is -2.42. The van der Waals surface area contributed by atoms with Crippen molar-refractivity contribution in [2.75, 3.05) is 38.3 Å². The minimum Gasteiger partial charge on any atom is -0.496 e. The van der Waals surface area contributed by atoms with Crippen LogP contribution in [0.25, 0.3) is 10.8 Å². The largest absolute Gasteiger partial charge is 0.496 e. The van der Waals surface area contributed by atoms with Gasteiger partial charge in [0.2, 0.25) is 0 Å². The van der Waals surface area contributed by atoms with Gasteiger partial charge in [-0.15, -0.1) is 0 Å². The molecule has 0 radical (unpaired) electrons. The molecule has 2 aliphatic rings. The first kappa shape index (κ1) is 21.5. The SMILES string of the molecule is COc1ccc(C(=O)N2CCC[C@]3(CC2)CN(c2ccccc2)C(=O)CO3)c2ccccc12. The highest BCUT2D eigenvalue weighted by molar-refractivity contribution is 6.08. The molecule has 3 aromatic rings. The van der Waals surface area contributed by atoms with Crippen LogP contribution in [-0.4, -0.2) is 55.7 Å². The minimum absolute atomic E-state index is 0.0197. The van der Waals surface area contributed by atoms with Crippen LogP contribution in [0.2, 0.25) is 0 Å². The lowest BCUT2D eigenvalue weighted by atomic mass is 9.92. The van der Waals surface area contributed by atoms with E-state index in [4.69, 9.17) is 9.47 Å². The molecular formula is C27H28N2O4. The van der Waals surface area contributed by atoms with Crippen LogP contribution in [0, 0.1) is 0 Å². The van der Waals surface area contributed by atoms with Crippen LogP contribution in [0.15, 0.2) is 66.7 Å². The van der Waals surface area contributed by atoms with Crippen molar-refractivity contribution < 1.29 is 19.1 Å². The zero-order valence-corrected chi connectivity index (χ0v) is 18.8. The summed E-state index contributed by atoms with van der Waals surface area (Å²) in [5.41, 5.74) is 1.15. The average molecular weight is 445 g/mol. The Morgan fingerprint density at radius 3 is 2.48 bits per heavy atom. The number of likely N-dealkylation sites (tertiary alicyclic amines) is 1. The van der Waals surface area contributed by atoms with E-state index in [1.165, 1.54) is 0 Å². The number of hydrogen-bond donors (Lipinski definition) is 0. The Bertz CT molecular complexity index is 1180. The summed E-state index contributed by atoms with van der Waals surface area (Å²) in [5.74, 6) is 0.768. The number of ether oxygens (including phenoxy) is 2. The van der Waals surface area contributed by atoms with Gasteiger partial charge in [-0.05, 0) is 48.9 Å². The smallest absolute Gasteiger partial charge is 0.254 e. The fourth-order valence-corrected chi connectivity index (χ4v) is 5.04. The van der Waals surface area contributed by atoms with Crippen molar-refractivity contribution in [3.8, 4) is 5.75 Å². The number of nitrogens with zero attached hydrogens (tertiary/aromatic N) is 2. The molecule has 2 saturated heterocycles. The molecule has 0 aromatic heterocycles. The van der Waals surface area contributed by atoms with E-state index in [2.05, 4.69) is 0 Å². The lowest BCUT2D eigenvalue weighted by Crippen LogP contribution is -2.55. The molecule has 0 unspecified atom stereocenters. The Morgan fingerprint density at radius 2 is 1.70 bits per heavy atom. The molecule has 5 rings (SSSR count). The normalized spacial score (nSPS) is 21.3. The summed E-state index contributed by atoms with van der Waals surface area (Å²) in [7, 11) is 1.64. The molecule has 6 heteroatoms. The van der Waals surface area contributed by atoms with Gasteiger partial charge in [-0.2, -0.15) is 0 Å². The average Bonchev–Trinajstić information content (AvgIpc) is 3.07. The first-order valence-corrected chi connectivity index (χ1v) is 11.4. The molecule has 0 aliphatic carbocycles. The molecule has 6 nitrogen and oxygen atoms in total. The topological polar surface area (TPSA) is 59.1 Å². The number of fused-ring (bicyclic) bond motifs is 1. The van der Waals surface area contributed by atoms with Crippen molar-refractivity contribution in [3.05, 3.63) is 72.3 Å². The van der Waals surface area contributed by atoms with Gasteiger partial charge >= 0.3 is 0 Å². The molecule has 0 N–H and O–H groups in total. The van der Waals surface area contributed by atoms with Crippen LogP contribution < -0.4 is 9.64 Å². The molecule has 33 heavy (non-hydrogen) atoms. The number of carbonyl (C=O) groups excluding carboxylic acids is 2. The summed E-state index contributed by atoms with van der Waals surface area (Å²) >= 11 is 0. The van der Waals surface area contributed by atoms with Crippen molar-refractivity contribution in [2.24, 2.45) is 0 Å². The van der Waals surface area contributed by atoms with E-state index >= 15 is 0 Å². The Labute approximate surface area is 193 Å². The van der Waals surface area contributed by atoms with Gasteiger partial charge in [0.1, 0.15) is 12.4 Å². The molecule has 170 valence electrons. The highest BCUT2D eigenvalue weighted by atomic mass is 16.5. The maximum atomic E-state index is 13.6. The second-order valence-corrected chi connectivity index (χ2v) is 8.79. The van der Waals surface area contributed by atoms with Crippen molar-refractivity contribution in [1.82, 2.24) is 4.90 Å². The molecule has 0 saturated carbocycles. The molecule has 0 bridgehead atoms. The van der Waals surface area contributed by atoms with Gasteiger partial charge in [-0.1, -0.05) is 42.5 Å². The van der Waals surface area contributed by atoms with Gasteiger partial charge in [0.25, 0.3) is 11.8 Å². The van der Waals surface area contributed by atoms with Crippen LogP contribution in [-0.2, 0) is 9.53 Å². The van der Waals surface area contributed by atoms with Crippen LogP contribution in [0.1, 0.15) is 29.6 Å². The van der Waals surface area contributed by atoms with Crippen molar-refractivity contribution in [3.63, 3.8) is 0 Å². The van der Waals surface area contributed by atoms with E-state index in [9.17, 15) is 9.59 Å². The monoisotopic (exact) mass is 444 g/mol. The number of methoxy groups -OCH3 is 1. The van der Waals surface area contributed by atoms with Gasteiger partial charge in [0.05, 0.1) is 19.3 Å². The Morgan fingerprint density at radius 1 is 0.939 bits per heavy atom. The number of para-hydroxylation sites is 1. The molecule has 3 aromatic carbocycles. The Kier molecular flexibility index (Phi) is 5.77. The number of hydrogen-bond acceptors (Lipinski definition) is 4. The molecule has 2 heterocycles. The number of anilines is 1. The van der Waals surface area contributed by atoms with E-state index in [-0.39, 0.29) is 18.4 Å². The first-order valence-electron chi connectivity index (χ1n) is 11.4. The van der Waals surface area contributed by atoms with E-state index in [1.807, 2.05) is 76.5 Å². The second kappa shape index (κ2) is 8.87. The third kappa shape index (κ3) is 4.07. The van der Waals surface area contributed by atoms with E-state index in [1.54, 1.807) is 7.11 Å². The van der Waals surface area contributed by atoms with Crippen LogP contribution >= 0.6 is 0 Å². The summed E-state index contributed by atoms with van der Waals surface area (Å²) in [6.07, 6.45) is 2.34. The Balaban J connectivity index is 1.36. The van der Waals surface area contributed by atoms with Gasteiger partial charge in [0, 0.05) is 29.7 Å². The second-order valence-electron chi connectivity index (χ2n) is 8.79. The van der Waals surface area contributed by atoms with Gasteiger partial charge in [-0.25, -0.2) is 0 Å². The number of morpholine rings is 1. The van der Waals surface area contributed by atoms with Crippen molar-refractivity contribution in [1.29, 1.82) is 0 Å².